The van der Waals surface area contributed by atoms with Gasteiger partial charge in [-0.05, 0) is 17.7 Å². The van der Waals surface area contributed by atoms with Crippen LogP contribution in [-0.4, -0.2) is 6.18 Å². The Morgan fingerprint density at radius 3 is 2.14 bits per heavy atom. The maximum atomic E-state index is 12.0. The van der Waals surface area contributed by atoms with Crippen LogP contribution in [0.15, 0.2) is 24.3 Å². The summed E-state index contributed by atoms with van der Waals surface area (Å²) in [4.78, 5) is -0.709. The molecule has 1 rings (SSSR count). The SMILES string of the molecule is FC(F)(F)CC(Br)c1ccc(Cl)cc1. The molecule has 0 amide bonds. The van der Waals surface area contributed by atoms with Crippen molar-refractivity contribution in [2.75, 3.05) is 0 Å². The monoisotopic (exact) mass is 286 g/mol. The molecule has 0 heterocycles. The molecule has 1 aromatic rings. The lowest BCUT2D eigenvalue weighted by Gasteiger charge is -2.12. The number of benzene rings is 1. The Morgan fingerprint density at radius 1 is 1.21 bits per heavy atom. The van der Waals surface area contributed by atoms with Gasteiger partial charge in [-0.1, -0.05) is 39.7 Å². The molecule has 14 heavy (non-hydrogen) atoms. The van der Waals surface area contributed by atoms with E-state index in [9.17, 15) is 13.2 Å². The Bertz CT molecular complexity index is 294. The summed E-state index contributed by atoms with van der Waals surface area (Å²) in [7, 11) is 0. The zero-order valence-electron chi connectivity index (χ0n) is 6.98. The molecule has 0 fully saturated rings. The topological polar surface area (TPSA) is 0 Å². The van der Waals surface area contributed by atoms with Crippen LogP contribution in [0.3, 0.4) is 0 Å². The van der Waals surface area contributed by atoms with Crippen molar-refractivity contribution in [3.63, 3.8) is 0 Å². The molecule has 0 bridgehead atoms. The van der Waals surface area contributed by atoms with E-state index in [-0.39, 0.29) is 0 Å². The molecular formula is C9H7BrClF3. The zero-order chi connectivity index (χ0) is 10.8. The minimum absolute atomic E-state index is 0.514. The van der Waals surface area contributed by atoms with Crippen LogP contribution in [0.25, 0.3) is 0 Å². The van der Waals surface area contributed by atoms with Crippen LogP contribution in [0.4, 0.5) is 13.2 Å². The number of hydrogen-bond donors (Lipinski definition) is 0. The maximum absolute atomic E-state index is 12.0. The number of rotatable bonds is 2. The van der Waals surface area contributed by atoms with E-state index in [2.05, 4.69) is 15.9 Å². The summed E-state index contributed by atoms with van der Waals surface area (Å²) in [6.07, 6.45) is -5.04. The molecule has 0 saturated heterocycles. The highest BCUT2D eigenvalue weighted by Crippen LogP contribution is 2.35. The number of alkyl halides is 4. The minimum atomic E-state index is -4.16. The van der Waals surface area contributed by atoms with Crippen molar-refractivity contribution < 1.29 is 13.2 Å². The smallest absolute Gasteiger partial charge is 0.171 e. The van der Waals surface area contributed by atoms with Crippen molar-refractivity contribution in [1.82, 2.24) is 0 Å². The fourth-order valence-electron chi connectivity index (χ4n) is 0.993. The standard InChI is InChI=1S/C9H7BrClF3/c10-8(5-9(12,13)14)6-1-3-7(11)4-2-6/h1-4,8H,5H2. The normalized spacial score (nSPS) is 14.1. The van der Waals surface area contributed by atoms with Gasteiger partial charge in [0, 0.05) is 9.85 Å². The van der Waals surface area contributed by atoms with Crippen LogP contribution in [0.5, 0.6) is 0 Å². The van der Waals surface area contributed by atoms with Crippen LogP contribution >= 0.6 is 27.5 Å². The molecular weight excluding hydrogens is 280 g/mol. The van der Waals surface area contributed by atoms with Gasteiger partial charge in [-0.2, -0.15) is 13.2 Å². The van der Waals surface area contributed by atoms with Gasteiger partial charge >= 0.3 is 6.18 Å². The van der Waals surface area contributed by atoms with Crippen molar-refractivity contribution in [3.8, 4) is 0 Å². The van der Waals surface area contributed by atoms with E-state index >= 15 is 0 Å². The first-order valence-electron chi connectivity index (χ1n) is 3.85. The summed E-state index contributed by atoms with van der Waals surface area (Å²) in [6.45, 7) is 0. The fourth-order valence-corrected chi connectivity index (χ4v) is 1.79. The van der Waals surface area contributed by atoms with Gasteiger partial charge in [-0.25, -0.2) is 0 Å². The Hall–Kier alpha value is -0.220. The third-order valence-corrected chi connectivity index (χ3v) is 2.75. The molecule has 1 unspecified atom stereocenters. The molecule has 5 heteroatoms. The fraction of sp³-hybridized carbons (Fsp3) is 0.333. The number of halogens is 5. The highest BCUT2D eigenvalue weighted by molar-refractivity contribution is 9.09. The van der Waals surface area contributed by atoms with Crippen LogP contribution in [0.2, 0.25) is 5.02 Å². The predicted octanol–water partition coefficient (Wildman–Crippen LogP) is 4.73. The van der Waals surface area contributed by atoms with Crippen molar-refractivity contribution >= 4 is 27.5 Å². The van der Waals surface area contributed by atoms with Crippen LogP contribution in [0, 0.1) is 0 Å². The average Bonchev–Trinajstić information content (AvgIpc) is 2.02. The zero-order valence-corrected chi connectivity index (χ0v) is 9.33. The Kier molecular flexibility index (Phi) is 3.84. The lowest BCUT2D eigenvalue weighted by atomic mass is 10.1. The summed E-state index contributed by atoms with van der Waals surface area (Å²) in [5, 5.41) is 0.514. The summed E-state index contributed by atoms with van der Waals surface area (Å²) in [5.41, 5.74) is 0.576. The minimum Gasteiger partial charge on any atom is -0.171 e. The van der Waals surface area contributed by atoms with Gasteiger partial charge in [0.1, 0.15) is 0 Å². The molecule has 0 radical (unpaired) electrons. The third kappa shape index (κ3) is 3.88. The lowest BCUT2D eigenvalue weighted by Crippen LogP contribution is -2.10. The van der Waals surface area contributed by atoms with Crippen molar-refractivity contribution in [2.45, 2.75) is 17.4 Å². The van der Waals surface area contributed by atoms with Crippen LogP contribution in [-0.2, 0) is 0 Å². The van der Waals surface area contributed by atoms with Gasteiger partial charge in [0.15, 0.2) is 0 Å². The van der Waals surface area contributed by atoms with Gasteiger partial charge in [0.05, 0.1) is 6.42 Å². The van der Waals surface area contributed by atoms with E-state index in [1.54, 1.807) is 24.3 Å². The Balaban J connectivity index is 2.70. The van der Waals surface area contributed by atoms with E-state index in [0.717, 1.165) is 0 Å². The molecule has 0 N–H and O–H groups in total. The first kappa shape index (κ1) is 11.9. The predicted molar refractivity (Wildman–Crippen MR) is 53.8 cm³/mol. The van der Waals surface area contributed by atoms with Gasteiger partial charge < -0.3 is 0 Å². The third-order valence-electron chi connectivity index (χ3n) is 1.64. The van der Waals surface area contributed by atoms with E-state index in [0.29, 0.717) is 10.6 Å². The molecule has 0 aliphatic rings. The van der Waals surface area contributed by atoms with Crippen molar-refractivity contribution in [3.05, 3.63) is 34.9 Å². The molecule has 0 aliphatic carbocycles. The van der Waals surface area contributed by atoms with Gasteiger partial charge in [-0.3, -0.25) is 0 Å². The van der Waals surface area contributed by atoms with Crippen LogP contribution in [0.1, 0.15) is 16.8 Å². The van der Waals surface area contributed by atoms with E-state index in [1.807, 2.05) is 0 Å². The first-order valence-corrected chi connectivity index (χ1v) is 5.14. The van der Waals surface area contributed by atoms with E-state index in [1.165, 1.54) is 0 Å². The van der Waals surface area contributed by atoms with E-state index in [4.69, 9.17) is 11.6 Å². The Morgan fingerprint density at radius 2 is 1.71 bits per heavy atom. The summed E-state index contributed by atoms with van der Waals surface area (Å²) < 4.78 is 36.0. The maximum Gasteiger partial charge on any atom is 0.390 e. The quantitative estimate of drug-likeness (QED) is 0.690. The number of hydrogen-bond acceptors (Lipinski definition) is 0. The highest BCUT2D eigenvalue weighted by Gasteiger charge is 2.31. The second kappa shape index (κ2) is 4.53. The summed E-state index contributed by atoms with van der Waals surface area (Å²) in [5.74, 6) is 0. The molecule has 78 valence electrons. The van der Waals surface area contributed by atoms with Gasteiger partial charge in [0.2, 0.25) is 0 Å². The molecule has 1 atom stereocenters. The molecule has 0 nitrogen and oxygen atoms in total. The van der Waals surface area contributed by atoms with Crippen LogP contribution < -0.4 is 0 Å². The summed E-state index contributed by atoms with van der Waals surface area (Å²) in [6, 6.07) is 6.30. The second-order valence-corrected chi connectivity index (χ2v) is 4.38. The lowest BCUT2D eigenvalue weighted by molar-refractivity contribution is -0.134. The summed E-state index contributed by atoms with van der Waals surface area (Å²) >= 11 is 8.60. The Labute approximate surface area is 93.2 Å². The van der Waals surface area contributed by atoms with Gasteiger partial charge in [0.25, 0.3) is 0 Å². The van der Waals surface area contributed by atoms with Gasteiger partial charge in [-0.15, -0.1) is 0 Å². The largest absolute Gasteiger partial charge is 0.390 e. The molecule has 0 saturated carbocycles. The van der Waals surface area contributed by atoms with Crippen molar-refractivity contribution in [1.29, 1.82) is 0 Å². The average molecular weight is 288 g/mol. The highest BCUT2D eigenvalue weighted by atomic mass is 79.9. The second-order valence-electron chi connectivity index (χ2n) is 2.84. The first-order chi connectivity index (χ1) is 6.38. The van der Waals surface area contributed by atoms with E-state index < -0.39 is 17.4 Å². The molecule has 0 aliphatic heterocycles. The van der Waals surface area contributed by atoms with Crippen molar-refractivity contribution in [2.24, 2.45) is 0 Å². The molecule has 1 aromatic carbocycles. The molecule has 0 spiro atoms. The molecule has 0 aromatic heterocycles.